The van der Waals surface area contributed by atoms with Gasteiger partial charge in [-0.2, -0.15) is 0 Å². The van der Waals surface area contributed by atoms with E-state index in [9.17, 15) is 14.4 Å². The molecule has 0 spiro atoms. The molecule has 4 rings (SSSR count). The summed E-state index contributed by atoms with van der Waals surface area (Å²) < 4.78 is 5.21. The molecule has 2 N–H and O–H groups in total. The normalized spacial score (nSPS) is 18.1. The van der Waals surface area contributed by atoms with Gasteiger partial charge < -0.3 is 10.1 Å². The molecule has 2 saturated heterocycles. The van der Waals surface area contributed by atoms with Gasteiger partial charge in [-0.15, -0.1) is 0 Å². The molecule has 9 heteroatoms. The molecule has 0 aromatic heterocycles. The third kappa shape index (κ3) is 4.71. The van der Waals surface area contributed by atoms with Crippen LogP contribution >= 0.6 is 11.6 Å². The Labute approximate surface area is 192 Å². The largest absolute Gasteiger partial charge is 0.382 e. The molecule has 0 radical (unpaired) electrons. The lowest BCUT2D eigenvalue weighted by atomic mass is 10.0. The van der Waals surface area contributed by atoms with E-state index in [0.717, 1.165) is 16.8 Å². The third-order valence-corrected chi connectivity index (χ3v) is 5.61. The predicted octanol–water partition coefficient (Wildman–Crippen LogP) is 4.02. The number of nitrogens with one attached hydrogen (secondary N) is 2. The molecule has 1 atom stereocenters. The Morgan fingerprint density at radius 2 is 1.78 bits per heavy atom. The third-order valence-electron chi connectivity index (χ3n) is 5.21. The number of methoxy groups -OCH3 is 1. The minimum atomic E-state index is -0.482. The van der Waals surface area contributed by atoms with Gasteiger partial charge in [0.05, 0.1) is 23.4 Å². The maximum absolute atomic E-state index is 12.2. The highest BCUT2D eigenvalue weighted by atomic mass is 35.5. The van der Waals surface area contributed by atoms with Crippen molar-refractivity contribution in [2.45, 2.75) is 26.3 Å². The minimum absolute atomic E-state index is 0.0689. The first-order valence-corrected chi connectivity index (χ1v) is 10.9. The molecule has 0 aliphatic carbocycles. The van der Waals surface area contributed by atoms with E-state index in [1.165, 1.54) is 4.90 Å². The first-order valence-electron chi connectivity index (χ1n) is 10.6. The molecule has 170 valence electrons. The lowest BCUT2D eigenvalue weighted by Gasteiger charge is -2.28. The number of amides is 5. The van der Waals surface area contributed by atoms with Crippen molar-refractivity contribution in [3.63, 3.8) is 0 Å². The summed E-state index contributed by atoms with van der Waals surface area (Å²) in [6.07, 6.45) is 0.224. The predicted molar refractivity (Wildman–Crippen MR) is 125 cm³/mol. The first-order chi connectivity index (χ1) is 15.5. The molecule has 2 fully saturated rings. The molecular formula is C23H27ClN4O4. The van der Waals surface area contributed by atoms with E-state index in [2.05, 4.69) is 10.6 Å². The van der Waals surface area contributed by atoms with Crippen molar-refractivity contribution in [2.24, 2.45) is 0 Å². The molecule has 32 heavy (non-hydrogen) atoms. The van der Waals surface area contributed by atoms with E-state index >= 15 is 0 Å². The Kier molecular flexibility index (Phi) is 7.71. The molecule has 2 aliphatic heterocycles. The van der Waals surface area contributed by atoms with E-state index in [4.69, 9.17) is 16.3 Å². The molecule has 2 heterocycles. The minimum Gasteiger partial charge on any atom is -0.382 e. The number of urea groups is 2. The summed E-state index contributed by atoms with van der Waals surface area (Å²) in [7, 11) is 1.61. The van der Waals surface area contributed by atoms with Crippen LogP contribution in [0.25, 0.3) is 11.1 Å². The van der Waals surface area contributed by atoms with Crippen LogP contribution in [0, 0.1) is 0 Å². The number of imide groups is 1. The topological polar surface area (TPSA) is 91.0 Å². The average Bonchev–Trinajstić information content (AvgIpc) is 3.16. The fraction of sp³-hybridized carbons (Fsp3) is 0.348. The van der Waals surface area contributed by atoms with Gasteiger partial charge in [0.2, 0.25) is 5.91 Å². The zero-order chi connectivity index (χ0) is 23.3. The molecule has 2 aliphatic rings. The highest BCUT2D eigenvalue weighted by molar-refractivity contribution is 6.36. The fourth-order valence-corrected chi connectivity index (χ4v) is 4.09. The summed E-state index contributed by atoms with van der Waals surface area (Å²) in [4.78, 5) is 39.0. The second-order valence-electron chi connectivity index (χ2n) is 7.11. The highest BCUT2D eigenvalue weighted by Gasteiger charge is 2.32. The van der Waals surface area contributed by atoms with Gasteiger partial charge in [-0.1, -0.05) is 49.7 Å². The van der Waals surface area contributed by atoms with Gasteiger partial charge >= 0.3 is 12.1 Å². The Morgan fingerprint density at radius 3 is 2.44 bits per heavy atom. The number of rotatable bonds is 5. The molecule has 0 saturated carbocycles. The van der Waals surface area contributed by atoms with Gasteiger partial charge in [0.1, 0.15) is 0 Å². The first kappa shape index (κ1) is 23.6. The van der Waals surface area contributed by atoms with E-state index in [0.29, 0.717) is 23.9 Å². The van der Waals surface area contributed by atoms with Crippen LogP contribution in [0.2, 0.25) is 5.02 Å². The van der Waals surface area contributed by atoms with Gasteiger partial charge in [0.15, 0.2) is 0 Å². The van der Waals surface area contributed by atoms with Crippen molar-refractivity contribution in [1.82, 2.24) is 10.6 Å². The van der Waals surface area contributed by atoms with Crippen LogP contribution in [0.1, 0.15) is 20.3 Å². The quantitative estimate of drug-likeness (QED) is 0.707. The zero-order valence-electron chi connectivity index (χ0n) is 18.4. The van der Waals surface area contributed by atoms with Crippen molar-refractivity contribution in [3.05, 3.63) is 47.5 Å². The molecule has 2 aromatic carbocycles. The molecule has 5 amide bonds. The summed E-state index contributed by atoms with van der Waals surface area (Å²) in [5.41, 5.74) is 2.91. The van der Waals surface area contributed by atoms with Gasteiger partial charge in [-0.25, -0.2) is 9.59 Å². The average molecular weight is 459 g/mol. The second kappa shape index (κ2) is 10.5. The highest BCUT2D eigenvalue weighted by Crippen LogP contribution is 2.37. The van der Waals surface area contributed by atoms with E-state index < -0.39 is 6.03 Å². The molecule has 8 nitrogen and oxygen atoms in total. The summed E-state index contributed by atoms with van der Waals surface area (Å²) in [5.74, 6) is -0.295. The summed E-state index contributed by atoms with van der Waals surface area (Å²) in [5, 5.41) is 5.56. The Hall–Kier alpha value is -3.10. The van der Waals surface area contributed by atoms with E-state index in [1.807, 2.05) is 50.2 Å². The SMILES string of the molecule is CC.COCC1CNC(=O)N1c1ccc(-c2cccc(N3CCC(=O)NC3=O)c2Cl)cc1. The zero-order valence-corrected chi connectivity index (χ0v) is 19.1. The fourth-order valence-electron chi connectivity index (χ4n) is 3.75. The standard InChI is InChI=1S/C21H21ClN4O4.C2H6/c1-30-12-15-11-23-20(28)26(15)14-7-5-13(6-8-14)16-3-2-4-17(19(16)22)25-10-9-18(27)24-21(25)29;1-2/h2-8,15H,9-12H2,1H3,(H,23,28)(H,24,27,29);1-2H3. The number of halogens is 1. The maximum atomic E-state index is 12.2. The van der Waals surface area contributed by atoms with Crippen molar-refractivity contribution < 1.29 is 19.1 Å². The molecule has 2 aromatic rings. The lowest BCUT2D eigenvalue weighted by molar-refractivity contribution is -0.120. The van der Waals surface area contributed by atoms with Crippen molar-refractivity contribution in [2.75, 3.05) is 36.6 Å². The van der Waals surface area contributed by atoms with Crippen LogP contribution in [0.15, 0.2) is 42.5 Å². The van der Waals surface area contributed by atoms with Crippen LogP contribution in [0.4, 0.5) is 21.0 Å². The number of hydrogen-bond donors (Lipinski definition) is 2. The maximum Gasteiger partial charge on any atom is 0.328 e. The van der Waals surface area contributed by atoms with Crippen molar-refractivity contribution >= 4 is 40.9 Å². The van der Waals surface area contributed by atoms with Gasteiger partial charge in [-0.3, -0.25) is 19.9 Å². The Balaban J connectivity index is 0.00000141. The summed E-state index contributed by atoms with van der Waals surface area (Å²) in [6, 6.07) is 12.2. The van der Waals surface area contributed by atoms with Crippen LogP contribution in [0.3, 0.4) is 0 Å². The van der Waals surface area contributed by atoms with Crippen LogP contribution < -0.4 is 20.4 Å². The van der Waals surface area contributed by atoms with Gasteiger partial charge in [0.25, 0.3) is 0 Å². The second-order valence-corrected chi connectivity index (χ2v) is 7.48. The van der Waals surface area contributed by atoms with Crippen molar-refractivity contribution in [1.29, 1.82) is 0 Å². The number of benzene rings is 2. The number of hydrogen-bond acceptors (Lipinski definition) is 4. The van der Waals surface area contributed by atoms with E-state index in [1.54, 1.807) is 18.1 Å². The molecular weight excluding hydrogens is 432 g/mol. The number of ether oxygens (including phenoxy) is 1. The van der Waals surface area contributed by atoms with Crippen LogP contribution in [-0.4, -0.2) is 50.8 Å². The van der Waals surface area contributed by atoms with Gasteiger partial charge in [0, 0.05) is 37.9 Å². The smallest absolute Gasteiger partial charge is 0.328 e. The summed E-state index contributed by atoms with van der Waals surface area (Å²) >= 11 is 6.64. The number of carbonyl (C=O) groups excluding carboxylic acids is 3. The Morgan fingerprint density at radius 1 is 1.06 bits per heavy atom. The van der Waals surface area contributed by atoms with Crippen LogP contribution in [0.5, 0.6) is 0 Å². The van der Waals surface area contributed by atoms with Crippen LogP contribution in [-0.2, 0) is 9.53 Å². The Bertz CT molecular complexity index is 996. The number of anilines is 2. The van der Waals surface area contributed by atoms with Gasteiger partial charge in [-0.05, 0) is 23.8 Å². The number of nitrogens with zero attached hydrogens (tertiary/aromatic N) is 2. The van der Waals surface area contributed by atoms with E-state index in [-0.39, 0.29) is 30.9 Å². The monoisotopic (exact) mass is 458 g/mol. The lowest BCUT2D eigenvalue weighted by Crippen LogP contribution is -2.49. The molecule has 1 unspecified atom stereocenters. The summed E-state index contributed by atoms with van der Waals surface area (Å²) in [6.45, 7) is 5.25. The number of carbonyl (C=O) groups is 3. The van der Waals surface area contributed by atoms with Crippen molar-refractivity contribution in [3.8, 4) is 11.1 Å². The molecule has 0 bridgehead atoms.